The standard InChI is InChI=1S/C28H27N3O3.C27H25N3O3.Fe/c1-2-3-5-10-19-15-16-25(32)24(17-19)30-31-26-22-14-9-8-11-20(22)18-23(27(26)33)28(34)29-21-12-6-4-7-13-21;1-2-3-9-18-14-15-24(31)23(16-18)29-30-25-21-13-8-7-10-19(21)17-22(26(25)32)27(33)28-20-11-5-4-6-12-20;/h4,6-9,11-18,32-33H,2-3,5,10H2,1H3,(H,29,34);4-8,10-17,31-32H,2-3,9H2,1H3,(H,28,33);. The molecule has 8 rings (SSSR count). The summed E-state index contributed by atoms with van der Waals surface area (Å²) in [5, 5.41) is 67.9. The van der Waals surface area contributed by atoms with Crippen LogP contribution in [0, 0.1) is 0 Å². The molecule has 0 saturated heterocycles. The largest absolute Gasteiger partial charge is 0.506 e. The summed E-state index contributed by atoms with van der Waals surface area (Å²) in [5.41, 5.74) is 4.50. The van der Waals surface area contributed by atoms with Crippen molar-refractivity contribution < 1.29 is 47.1 Å². The van der Waals surface area contributed by atoms with Crippen molar-refractivity contribution in [1.82, 2.24) is 0 Å². The predicted molar refractivity (Wildman–Crippen MR) is 266 cm³/mol. The number of rotatable bonds is 15. The summed E-state index contributed by atoms with van der Waals surface area (Å²) < 4.78 is 0. The van der Waals surface area contributed by atoms with E-state index in [-0.39, 0.29) is 62.6 Å². The summed E-state index contributed by atoms with van der Waals surface area (Å²) in [7, 11) is 0. The minimum atomic E-state index is -0.453. The van der Waals surface area contributed by atoms with E-state index in [2.05, 4.69) is 44.9 Å². The Balaban J connectivity index is 0.000000221. The first kappa shape index (κ1) is 49.6. The van der Waals surface area contributed by atoms with Crippen molar-refractivity contribution in [2.75, 3.05) is 10.6 Å². The van der Waals surface area contributed by atoms with E-state index in [1.54, 1.807) is 66.7 Å². The topological polar surface area (TPSA) is 189 Å². The van der Waals surface area contributed by atoms with Gasteiger partial charge in [0, 0.05) is 39.2 Å². The monoisotopic (exact) mass is 948 g/mol. The number of hydrogen-bond donors (Lipinski definition) is 6. The van der Waals surface area contributed by atoms with E-state index in [0.717, 1.165) is 66.8 Å². The van der Waals surface area contributed by atoms with Crippen LogP contribution in [0.4, 0.5) is 34.1 Å². The first-order valence-corrected chi connectivity index (χ1v) is 22.3. The van der Waals surface area contributed by atoms with Crippen molar-refractivity contribution in [3.05, 3.63) is 180 Å². The number of carbonyl (C=O) groups excluding carboxylic acids is 2. The number of anilines is 2. The van der Waals surface area contributed by atoms with Crippen LogP contribution in [0.1, 0.15) is 77.8 Å². The number of hydrogen-bond acceptors (Lipinski definition) is 10. The fraction of sp³-hybridized carbons (Fsp3) is 0.164. The van der Waals surface area contributed by atoms with Crippen LogP contribution in [-0.4, -0.2) is 32.2 Å². The van der Waals surface area contributed by atoms with Crippen molar-refractivity contribution in [3.8, 4) is 23.0 Å². The number of nitrogens with one attached hydrogen (secondary N) is 2. The van der Waals surface area contributed by atoms with Gasteiger partial charge in [0.05, 0.1) is 11.1 Å². The van der Waals surface area contributed by atoms with Gasteiger partial charge in [-0.25, -0.2) is 0 Å². The van der Waals surface area contributed by atoms with E-state index < -0.39 is 11.8 Å². The third-order valence-corrected chi connectivity index (χ3v) is 11.0. The number of nitrogens with zero attached hydrogens (tertiary/aromatic N) is 4. The van der Waals surface area contributed by atoms with Crippen LogP contribution < -0.4 is 10.6 Å². The van der Waals surface area contributed by atoms with Gasteiger partial charge in [-0.15, -0.1) is 20.5 Å². The molecular weight excluding hydrogens is 896 g/mol. The average Bonchev–Trinajstić information content (AvgIpc) is 3.34. The van der Waals surface area contributed by atoms with Crippen LogP contribution in [0.15, 0.2) is 178 Å². The summed E-state index contributed by atoms with van der Waals surface area (Å²) in [5.74, 6) is -1.44. The number of phenols is 4. The average molecular weight is 949 g/mol. The van der Waals surface area contributed by atoms with Crippen LogP contribution in [0.2, 0.25) is 0 Å². The first-order valence-electron chi connectivity index (χ1n) is 22.3. The zero-order chi connectivity index (χ0) is 47.1. The fourth-order valence-corrected chi connectivity index (χ4v) is 7.40. The summed E-state index contributed by atoms with van der Waals surface area (Å²) in [6, 6.07) is 46.5. The molecule has 0 aromatic heterocycles. The number of carbonyl (C=O) groups is 2. The Bertz CT molecular complexity index is 3070. The SMILES string of the molecule is CCCCCc1ccc(O)c(N=Nc2c(O)c(C(=O)Nc3ccccc3)cc3ccccc23)c1.CCCCc1ccc(O)c(N=Nc2c(O)c(C(=O)Nc3ccccc3)cc3ccccc23)c1.[Fe]. The molecular formula is C55H52FeN6O6. The molecule has 0 atom stereocenters. The Morgan fingerprint density at radius 1 is 0.456 bits per heavy atom. The second-order valence-corrected chi connectivity index (χ2v) is 15.9. The number of benzene rings is 8. The van der Waals surface area contributed by atoms with Crippen LogP contribution in [0.3, 0.4) is 0 Å². The van der Waals surface area contributed by atoms with Gasteiger partial charge in [-0.2, -0.15) is 0 Å². The zero-order valence-electron chi connectivity index (χ0n) is 37.7. The Labute approximate surface area is 405 Å². The zero-order valence-corrected chi connectivity index (χ0v) is 38.8. The number of aromatic hydroxyl groups is 4. The van der Waals surface area contributed by atoms with Gasteiger partial charge >= 0.3 is 0 Å². The second kappa shape index (κ2) is 24.1. The molecule has 0 fully saturated rings. The van der Waals surface area contributed by atoms with Gasteiger partial charge < -0.3 is 31.1 Å². The molecule has 0 saturated carbocycles. The first-order chi connectivity index (χ1) is 32.6. The predicted octanol–water partition coefficient (Wildman–Crippen LogP) is 14.9. The number of unbranched alkanes of at least 4 members (excludes halogenated alkanes) is 3. The molecule has 0 aliphatic heterocycles. The van der Waals surface area contributed by atoms with Gasteiger partial charge in [-0.05, 0) is 108 Å². The van der Waals surface area contributed by atoms with Crippen LogP contribution in [0.25, 0.3) is 21.5 Å². The maximum atomic E-state index is 12.9. The smallest absolute Gasteiger partial charge is 0.259 e. The molecule has 2 amide bonds. The molecule has 8 aromatic rings. The van der Waals surface area contributed by atoms with E-state index in [0.29, 0.717) is 33.5 Å². The molecule has 0 spiro atoms. The van der Waals surface area contributed by atoms with Gasteiger partial charge in [0.15, 0.2) is 11.5 Å². The van der Waals surface area contributed by atoms with Gasteiger partial charge in [0.2, 0.25) is 0 Å². The van der Waals surface area contributed by atoms with E-state index >= 15 is 0 Å². The van der Waals surface area contributed by atoms with E-state index in [1.807, 2.05) is 91.0 Å². The molecule has 0 bridgehead atoms. The van der Waals surface area contributed by atoms with Crippen molar-refractivity contribution in [3.63, 3.8) is 0 Å². The molecule has 0 aliphatic rings. The third kappa shape index (κ3) is 12.5. The van der Waals surface area contributed by atoms with Crippen molar-refractivity contribution in [2.45, 2.75) is 58.8 Å². The van der Waals surface area contributed by atoms with Crippen LogP contribution in [-0.2, 0) is 29.9 Å². The van der Waals surface area contributed by atoms with Crippen molar-refractivity contribution >= 4 is 67.5 Å². The van der Waals surface area contributed by atoms with Crippen LogP contribution >= 0.6 is 0 Å². The number of phenolic OH excluding ortho intramolecular Hbond substituents is 4. The normalized spacial score (nSPS) is 11.0. The Hall–Kier alpha value is -7.86. The third-order valence-electron chi connectivity index (χ3n) is 11.0. The minimum Gasteiger partial charge on any atom is -0.506 e. The molecule has 0 radical (unpaired) electrons. The molecule has 12 nitrogen and oxygen atoms in total. The van der Waals surface area contributed by atoms with Crippen LogP contribution in [0.5, 0.6) is 23.0 Å². The van der Waals surface area contributed by atoms with Gasteiger partial charge in [-0.3, -0.25) is 9.59 Å². The van der Waals surface area contributed by atoms with E-state index in [9.17, 15) is 30.0 Å². The van der Waals surface area contributed by atoms with Gasteiger partial charge in [0.1, 0.15) is 34.2 Å². The quantitative estimate of drug-likeness (QED) is 0.0337. The molecule has 13 heteroatoms. The van der Waals surface area contributed by atoms with E-state index in [1.165, 1.54) is 0 Å². The molecule has 68 heavy (non-hydrogen) atoms. The van der Waals surface area contributed by atoms with E-state index in [4.69, 9.17) is 0 Å². The molecule has 346 valence electrons. The summed E-state index contributed by atoms with van der Waals surface area (Å²) >= 11 is 0. The molecule has 6 N–H and O–H groups in total. The number of fused-ring (bicyclic) bond motifs is 2. The minimum absolute atomic E-state index is 0. The maximum absolute atomic E-state index is 12.9. The summed E-state index contributed by atoms with van der Waals surface area (Å²) in [6.07, 6.45) is 7.19. The van der Waals surface area contributed by atoms with Crippen molar-refractivity contribution in [1.29, 1.82) is 0 Å². The molecule has 0 heterocycles. The molecule has 0 aliphatic carbocycles. The van der Waals surface area contributed by atoms with Gasteiger partial charge in [0.25, 0.3) is 11.8 Å². The Morgan fingerprint density at radius 2 is 0.853 bits per heavy atom. The molecule has 0 unspecified atom stereocenters. The van der Waals surface area contributed by atoms with Gasteiger partial charge in [-0.1, -0.05) is 130 Å². The number of para-hydroxylation sites is 2. The second-order valence-electron chi connectivity index (χ2n) is 15.9. The maximum Gasteiger partial charge on any atom is 0.259 e. The Morgan fingerprint density at radius 3 is 1.28 bits per heavy atom. The summed E-state index contributed by atoms with van der Waals surface area (Å²) in [4.78, 5) is 25.9. The number of azo groups is 2. The fourth-order valence-electron chi connectivity index (χ4n) is 7.40. The summed E-state index contributed by atoms with van der Waals surface area (Å²) in [6.45, 7) is 4.28. The molecule has 8 aromatic carbocycles. The Kier molecular flexibility index (Phi) is 17.5. The number of amides is 2. The van der Waals surface area contributed by atoms with Crippen molar-refractivity contribution in [2.24, 2.45) is 20.5 Å². The number of aryl methyl sites for hydroxylation is 2.